The summed E-state index contributed by atoms with van der Waals surface area (Å²) in [5.74, 6) is 0.790. The van der Waals surface area contributed by atoms with Crippen molar-refractivity contribution in [3.8, 4) is 0 Å². The molecule has 0 aliphatic rings. The van der Waals surface area contributed by atoms with E-state index in [2.05, 4.69) is 16.5 Å². The number of rotatable bonds is 2. The average molecular weight is 160 g/mol. The molecule has 0 aliphatic heterocycles. The summed E-state index contributed by atoms with van der Waals surface area (Å²) in [5.41, 5.74) is 2.08. The van der Waals surface area contributed by atoms with Crippen LogP contribution in [-0.2, 0) is 0 Å². The van der Waals surface area contributed by atoms with Crippen molar-refractivity contribution in [3.05, 3.63) is 42.5 Å². The van der Waals surface area contributed by atoms with Crippen LogP contribution in [0, 0.1) is 6.92 Å². The van der Waals surface area contributed by atoms with E-state index < -0.39 is 0 Å². The predicted octanol–water partition coefficient (Wildman–Crippen LogP) is 2.37. The SMILES string of the molecule is C=C/C(=C\C)c1cnc(C)nc1. The lowest BCUT2D eigenvalue weighted by Gasteiger charge is -1.99. The van der Waals surface area contributed by atoms with Crippen LogP contribution < -0.4 is 0 Å². The maximum absolute atomic E-state index is 4.10. The van der Waals surface area contributed by atoms with E-state index in [0.717, 1.165) is 17.0 Å². The van der Waals surface area contributed by atoms with Crippen LogP contribution in [0.4, 0.5) is 0 Å². The van der Waals surface area contributed by atoms with Crippen LogP contribution in [0.3, 0.4) is 0 Å². The zero-order chi connectivity index (χ0) is 8.97. The minimum Gasteiger partial charge on any atom is -0.241 e. The fraction of sp³-hybridized carbons (Fsp3) is 0.200. The summed E-state index contributed by atoms with van der Waals surface area (Å²) in [7, 11) is 0. The van der Waals surface area contributed by atoms with Gasteiger partial charge in [0, 0.05) is 18.0 Å². The molecule has 2 nitrogen and oxygen atoms in total. The summed E-state index contributed by atoms with van der Waals surface area (Å²) in [5, 5.41) is 0. The van der Waals surface area contributed by atoms with Gasteiger partial charge in [-0.25, -0.2) is 9.97 Å². The number of allylic oxidation sites excluding steroid dienone is 3. The van der Waals surface area contributed by atoms with Crippen LogP contribution in [-0.4, -0.2) is 9.97 Å². The van der Waals surface area contributed by atoms with Crippen LogP contribution >= 0.6 is 0 Å². The molecule has 1 aromatic heterocycles. The Bertz CT molecular complexity index is 296. The van der Waals surface area contributed by atoms with Gasteiger partial charge in [-0.2, -0.15) is 0 Å². The van der Waals surface area contributed by atoms with Gasteiger partial charge in [0.2, 0.25) is 0 Å². The summed E-state index contributed by atoms with van der Waals surface area (Å²) in [6.07, 6.45) is 7.40. The fourth-order valence-electron chi connectivity index (χ4n) is 0.944. The molecule has 0 fully saturated rings. The van der Waals surface area contributed by atoms with Gasteiger partial charge in [-0.05, 0) is 19.4 Å². The Labute approximate surface area is 72.7 Å². The van der Waals surface area contributed by atoms with Gasteiger partial charge in [0.1, 0.15) is 5.82 Å². The number of nitrogens with zero attached hydrogens (tertiary/aromatic N) is 2. The summed E-state index contributed by atoms with van der Waals surface area (Å²) in [6, 6.07) is 0. The van der Waals surface area contributed by atoms with E-state index in [1.165, 1.54) is 0 Å². The van der Waals surface area contributed by atoms with E-state index in [0.29, 0.717) is 0 Å². The molecule has 0 bridgehead atoms. The summed E-state index contributed by atoms with van der Waals surface area (Å²) in [4.78, 5) is 8.19. The van der Waals surface area contributed by atoms with Crippen molar-refractivity contribution < 1.29 is 0 Å². The van der Waals surface area contributed by atoms with E-state index in [-0.39, 0.29) is 0 Å². The van der Waals surface area contributed by atoms with E-state index in [4.69, 9.17) is 0 Å². The van der Waals surface area contributed by atoms with E-state index >= 15 is 0 Å². The lowest BCUT2D eigenvalue weighted by molar-refractivity contribution is 1.05. The maximum Gasteiger partial charge on any atom is 0.125 e. The number of aromatic nitrogens is 2. The molecule has 0 N–H and O–H groups in total. The Morgan fingerprint density at radius 1 is 1.42 bits per heavy atom. The molecule has 1 rings (SSSR count). The molecule has 0 saturated carbocycles. The van der Waals surface area contributed by atoms with Gasteiger partial charge in [-0.1, -0.05) is 18.7 Å². The molecule has 0 unspecified atom stereocenters. The lowest BCUT2D eigenvalue weighted by Crippen LogP contribution is -1.89. The molecule has 0 spiro atoms. The Balaban J connectivity index is 3.04. The first kappa shape index (κ1) is 8.65. The van der Waals surface area contributed by atoms with Crippen molar-refractivity contribution in [2.24, 2.45) is 0 Å². The monoisotopic (exact) mass is 160 g/mol. The zero-order valence-electron chi connectivity index (χ0n) is 7.41. The molecule has 0 aromatic carbocycles. The normalized spacial score (nSPS) is 11.3. The van der Waals surface area contributed by atoms with Crippen LogP contribution in [0.15, 0.2) is 31.1 Å². The maximum atomic E-state index is 4.10. The van der Waals surface area contributed by atoms with Crippen LogP contribution in [0.2, 0.25) is 0 Å². The van der Waals surface area contributed by atoms with Gasteiger partial charge in [-0.15, -0.1) is 0 Å². The predicted molar refractivity (Wildman–Crippen MR) is 50.6 cm³/mol. The highest BCUT2D eigenvalue weighted by Crippen LogP contribution is 2.12. The van der Waals surface area contributed by atoms with Crippen molar-refractivity contribution in [1.82, 2.24) is 9.97 Å². The van der Waals surface area contributed by atoms with Crippen LogP contribution in [0.5, 0.6) is 0 Å². The minimum atomic E-state index is 0.790. The summed E-state index contributed by atoms with van der Waals surface area (Å²) < 4.78 is 0. The topological polar surface area (TPSA) is 25.8 Å². The highest BCUT2D eigenvalue weighted by molar-refractivity contribution is 5.72. The van der Waals surface area contributed by atoms with Gasteiger partial charge in [-0.3, -0.25) is 0 Å². The van der Waals surface area contributed by atoms with Crippen LogP contribution in [0.25, 0.3) is 5.57 Å². The number of aryl methyl sites for hydroxylation is 1. The summed E-state index contributed by atoms with van der Waals surface area (Å²) >= 11 is 0. The third-order valence-corrected chi connectivity index (χ3v) is 1.65. The van der Waals surface area contributed by atoms with Crippen molar-refractivity contribution >= 4 is 5.57 Å². The molecule has 12 heavy (non-hydrogen) atoms. The Kier molecular flexibility index (Phi) is 2.75. The largest absolute Gasteiger partial charge is 0.241 e. The van der Waals surface area contributed by atoms with E-state index in [9.17, 15) is 0 Å². The molecule has 0 saturated heterocycles. The van der Waals surface area contributed by atoms with Crippen molar-refractivity contribution in [2.75, 3.05) is 0 Å². The van der Waals surface area contributed by atoms with Crippen molar-refractivity contribution in [1.29, 1.82) is 0 Å². The zero-order valence-corrected chi connectivity index (χ0v) is 7.41. The average Bonchev–Trinajstić information content (AvgIpc) is 2.10. The Hall–Kier alpha value is -1.44. The van der Waals surface area contributed by atoms with Gasteiger partial charge in [0.15, 0.2) is 0 Å². The Morgan fingerprint density at radius 2 is 2.00 bits per heavy atom. The molecule has 1 heterocycles. The molecule has 62 valence electrons. The molecule has 0 amide bonds. The molecular formula is C10H12N2. The second-order valence-corrected chi connectivity index (χ2v) is 2.47. The van der Waals surface area contributed by atoms with Gasteiger partial charge >= 0.3 is 0 Å². The molecule has 0 radical (unpaired) electrons. The Morgan fingerprint density at radius 3 is 2.42 bits per heavy atom. The third kappa shape index (κ3) is 1.78. The molecule has 1 aromatic rings. The second-order valence-electron chi connectivity index (χ2n) is 2.47. The fourth-order valence-corrected chi connectivity index (χ4v) is 0.944. The number of hydrogen-bond donors (Lipinski definition) is 0. The van der Waals surface area contributed by atoms with Crippen molar-refractivity contribution in [3.63, 3.8) is 0 Å². The first-order valence-electron chi connectivity index (χ1n) is 3.85. The summed E-state index contributed by atoms with van der Waals surface area (Å²) in [6.45, 7) is 7.54. The standard InChI is InChI=1S/C10H12N2/c1-4-9(5-2)10-6-11-8(3)12-7-10/h4-7H,1H2,2-3H3/b9-5+. The second kappa shape index (κ2) is 3.81. The van der Waals surface area contributed by atoms with Crippen LogP contribution in [0.1, 0.15) is 18.3 Å². The first-order valence-corrected chi connectivity index (χ1v) is 3.85. The minimum absolute atomic E-state index is 0.790. The van der Waals surface area contributed by atoms with E-state index in [1.807, 2.05) is 19.9 Å². The quantitative estimate of drug-likeness (QED) is 0.621. The number of hydrogen-bond acceptors (Lipinski definition) is 2. The first-order chi connectivity index (χ1) is 5.77. The molecule has 2 heteroatoms. The third-order valence-electron chi connectivity index (χ3n) is 1.65. The molecule has 0 aliphatic carbocycles. The molecule has 0 atom stereocenters. The van der Waals surface area contributed by atoms with Crippen molar-refractivity contribution in [2.45, 2.75) is 13.8 Å². The van der Waals surface area contributed by atoms with Gasteiger partial charge < -0.3 is 0 Å². The highest BCUT2D eigenvalue weighted by atomic mass is 14.8. The van der Waals surface area contributed by atoms with Gasteiger partial charge in [0.05, 0.1) is 0 Å². The highest BCUT2D eigenvalue weighted by Gasteiger charge is 1.95. The van der Waals surface area contributed by atoms with Gasteiger partial charge in [0.25, 0.3) is 0 Å². The van der Waals surface area contributed by atoms with E-state index in [1.54, 1.807) is 18.5 Å². The lowest BCUT2D eigenvalue weighted by atomic mass is 10.1. The smallest absolute Gasteiger partial charge is 0.125 e. The molecular weight excluding hydrogens is 148 g/mol.